The van der Waals surface area contributed by atoms with E-state index >= 15 is 0 Å². The number of rotatable bonds is 7. The number of halogens is 3. The van der Waals surface area contributed by atoms with E-state index in [4.69, 9.17) is 4.74 Å². The molecule has 1 aromatic rings. The molecule has 0 atom stereocenters. The van der Waals surface area contributed by atoms with Crippen molar-refractivity contribution in [1.82, 2.24) is 0 Å². The molecule has 0 amide bonds. The first-order valence-electron chi connectivity index (χ1n) is 11.5. The highest BCUT2D eigenvalue weighted by molar-refractivity contribution is 5.61. The van der Waals surface area contributed by atoms with Gasteiger partial charge in [0.2, 0.25) is 5.82 Å². The number of ether oxygens (including phenoxy) is 1. The van der Waals surface area contributed by atoms with Crippen LogP contribution in [0.2, 0.25) is 0 Å². The van der Waals surface area contributed by atoms with E-state index in [-0.39, 0.29) is 23.8 Å². The molecule has 0 aromatic heterocycles. The smallest absolute Gasteiger partial charge is 0.201 e. The van der Waals surface area contributed by atoms with Crippen LogP contribution in [0.1, 0.15) is 83.6 Å². The molecule has 0 spiro atoms. The Balaban J connectivity index is 1.55. The Bertz CT molecular complexity index is 684. The second kappa shape index (κ2) is 10.5. The van der Waals surface area contributed by atoms with Gasteiger partial charge < -0.3 is 4.74 Å². The van der Waals surface area contributed by atoms with Gasteiger partial charge in [-0.1, -0.05) is 32.6 Å². The van der Waals surface area contributed by atoms with Crippen LogP contribution in [0.15, 0.2) is 18.2 Å². The Morgan fingerprint density at radius 2 is 1.55 bits per heavy atom. The van der Waals surface area contributed by atoms with Gasteiger partial charge in [-0.2, -0.15) is 4.39 Å². The summed E-state index contributed by atoms with van der Waals surface area (Å²) in [5.41, 5.74) is -0.303. The van der Waals surface area contributed by atoms with Crippen molar-refractivity contribution in [2.75, 3.05) is 6.61 Å². The van der Waals surface area contributed by atoms with Gasteiger partial charge >= 0.3 is 0 Å². The molecule has 2 aliphatic carbocycles. The zero-order valence-electron chi connectivity index (χ0n) is 17.9. The van der Waals surface area contributed by atoms with Crippen LogP contribution in [0, 0.1) is 35.3 Å². The van der Waals surface area contributed by atoms with Crippen molar-refractivity contribution in [3.63, 3.8) is 0 Å². The monoisotopic (exact) mass is 408 g/mol. The standard InChI is InChI=1S/C25H35F3O/c1-3-5-17-6-10-19(11-7-17)20-12-8-18(9-13-20)16-22(26)21-14-15-23(29-4-2)25(28)24(21)27/h14-20H,3-13H2,1-2H3. The van der Waals surface area contributed by atoms with Gasteiger partial charge in [0.05, 0.1) is 6.61 Å². The van der Waals surface area contributed by atoms with Crippen LogP contribution in [0.3, 0.4) is 0 Å². The molecule has 0 radical (unpaired) electrons. The maximum absolute atomic E-state index is 14.7. The molecule has 0 unspecified atom stereocenters. The summed E-state index contributed by atoms with van der Waals surface area (Å²) < 4.78 is 48.0. The third-order valence-electron chi connectivity index (χ3n) is 7.06. The minimum atomic E-state index is -1.16. The van der Waals surface area contributed by atoms with Crippen LogP contribution < -0.4 is 4.74 Å². The molecule has 0 aliphatic heterocycles. The van der Waals surface area contributed by atoms with E-state index in [2.05, 4.69) is 6.92 Å². The summed E-state index contributed by atoms with van der Waals surface area (Å²) in [5, 5.41) is 0. The van der Waals surface area contributed by atoms with E-state index in [0.717, 1.165) is 43.4 Å². The van der Waals surface area contributed by atoms with Gasteiger partial charge in [0.15, 0.2) is 11.6 Å². The third kappa shape index (κ3) is 5.58. The van der Waals surface area contributed by atoms with Gasteiger partial charge in [0.25, 0.3) is 0 Å². The molecule has 4 heteroatoms. The average Bonchev–Trinajstić information content (AvgIpc) is 2.73. The second-order valence-electron chi connectivity index (χ2n) is 8.93. The molecule has 2 saturated carbocycles. The van der Waals surface area contributed by atoms with Gasteiger partial charge in [-0.05, 0) is 87.3 Å². The van der Waals surface area contributed by atoms with E-state index in [1.54, 1.807) is 6.92 Å². The molecule has 29 heavy (non-hydrogen) atoms. The number of hydrogen-bond donors (Lipinski definition) is 0. The highest BCUT2D eigenvalue weighted by atomic mass is 19.2. The molecule has 3 rings (SSSR count). The molecular weight excluding hydrogens is 373 g/mol. The number of hydrogen-bond acceptors (Lipinski definition) is 1. The molecule has 0 N–H and O–H groups in total. The average molecular weight is 409 g/mol. The SMILES string of the molecule is CCCC1CCC(C2CCC(C=C(F)c3ccc(OCC)c(F)c3F)CC2)CC1. The lowest BCUT2D eigenvalue weighted by Crippen LogP contribution is -2.25. The normalized spacial score (nSPS) is 28.4. The van der Waals surface area contributed by atoms with Gasteiger partial charge in [-0.15, -0.1) is 0 Å². The lowest BCUT2D eigenvalue weighted by molar-refractivity contribution is 0.152. The molecule has 0 bridgehead atoms. The second-order valence-corrected chi connectivity index (χ2v) is 8.93. The van der Waals surface area contributed by atoms with E-state index < -0.39 is 17.5 Å². The summed E-state index contributed by atoms with van der Waals surface area (Å²) in [6.45, 7) is 4.20. The molecule has 162 valence electrons. The number of allylic oxidation sites excluding steroid dienone is 1. The van der Waals surface area contributed by atoms with Crippen LogP contribution in [0.4, 0.5) is 13.2 Å². The Morgan fingerprint density at radius 1 is 0.931 bits per heavy atom. The van der Waals surface area contributed by atoms with E-state index in [1.165, 1.54) is 56.7 Å². The van der Waals surface area contributed by atoms with Crippen molar-refractivity contribution in [1.29, 1.82) is 0 Å². The third-order valence-corrected chi connectivity index (χ3v) is 7.06. The molecular formula is C25H35F3O. The fraction of sp³-hybridized carbons (Fsp3) is 0.680. The molecule has 1 aromatic carbocycles. The quantitative estimate of drug-likeness (QED) is 0.443. The summed E-state index contributed by atoms with van der Waals surface area (Å²) >= 11 is 0. The van der Waals surface area contributed by atoms with Gasteiger partial charge in [0, 0.05) is 5.56 Å². The van der Waals surface area contributed by atoms with Crippen LogP contribution >= 0.6 is 0 Å². The zero-order chi connectivity index (χ0) is 20.8. The van der Waals surface area contributed by atoms with Crippen molar-refractivity contribution in [2.24, 2.45) is 23.7 Å². The summed E-state index contributed by atoms with van der Waals surface area (Å²) in [7, 11) is 0. The fourth-order valence-electron chi connectivity index (χ4n) is 5.42. The Kier molecular flexibility index (Phi) is 8.08. The first-order chi connectivity index (χ1) is 14.0. The fourth-order valence-corrected chi connectivity index (χ4v) is 5.42. The minimum absolute atomic E-state index is 0.108. The molecule has 0 saturated heterocycles. The predicted octanol–water partition coefficient (Wildman–Crippen LogP) is 8.09. The topological polar surface area (TPSA) is 9.23 Å². The van der Waals surface area contributed by atoms with Gasteiger partial charge in [0.1, 0.15) is 5.83 Å². The Hall–Kier alpha value is -1.45. The highest BCUT2D eigenvalue weighted by Crippen LogP contribution is 2.43. The first kappa shape index (κ1) is 22.2. The van der Waals surface area contributed by atoms with Crippen molar-refractivity contribution < 1.29 is 17.9 Å². The molecule has 1 nitrogen and oxygen atoms in total. The maximum atomic E-state index is 14.7. The maximum Gasteiger partial charge on any atom is 0.201 e. The van der Waals surface area contributed by atoms with Gasteiger partial charge in [-0.25, -0.2) is 8.78 Å². The van der Waals surface area contributed by atoms with Crippen molar-refractivity contribution in [2.45, 2.75) is 78.1 Å². The van der Waals surface area contributed by atoms with E-state index in [1.807, 2.05) is 0 Å². The predicted molar refractivity (Wildman–Crippen MR) is 112 cm³/mol. The first-order valence-corrected chi connectivity index (χ1v) is 11.5. The molecule has 0 heterocycles. The minimum Gasteiger partial charge on any atom is -0.491 e. The lowest BCUT2D eigenvalue weighted by Gasteiger charge is -2.37. The van der Waals surface area contributed by atoms with Crippen molar-refractivity contribution >= 4 is 5.83 Å². The summed E-state index contributed by atoms with van der Waals surface area (Å²) in [5.74, 6) is -0.493. The Labute approximate surface area is 173 Å². The van der Waals surface area contributed by atoms with Gasteiger partial charge in [-0.3, -0.25) is 0 Å². The van der Waals surface area contributed by atoms with E-state index in [9.17, 15) is 13.2 Å². The van der Waals surface area contributed by atoms with Crippen LogP contribution in [-0.2, 0) is 0 Å². The van der Waals surface area contributed by atoms with Crippen molar-refractivity contribution in [3.05, 3.63) is 35.4 Å². The largest absolute Gasteiger partial charge is 0.491 e. The van der Waals surface area contributed by atoms with Crippen LogP contribution in [-0.4, -0.2) is 6.61 Å². The van der Waals surface area contributed by atoms with Crippen LogP contribution in [0.25, 0.3) is 5.83 Å². The summed E-state index contributed by atoms with van der Waals surface area (Å²) in [4.78, 5) is 0. The Morgan fingerprint density at radius 3 is 2.14 bits per heavy atom. The lowest BCUT2D eigenvalue weighted by atomic mass is 9.68. The molecule has 2 fully saturated rings. The van der Waals surface area contributed by atoms with Crippen LogP contribution in [0.5, 0.6) is 5.75 Å². The zero-order valence-corrected chi connectivity index (χ0v) is 17.9. The van der Waals surface area contributed by atoms with Crippen molar-refractivity contribution in [3.8, 4) is 5.75 Å². The molecule has 2 aliphatic rings. The summed E-state index contributed by atoms with van der Waals surface area (Å²) in [6, 6.07) is 2.58. The summed E-state index contributed by atoms with van der Waals surface area (Å²) in [6.07, 6.45) is 13.7. The van der Waals surface area contributed by atoms with E-state index in [0.29, 0.717) is 0 Å². The highest BCUT2D eigenvalue weighted by Gasteiger charge is 2.30. The number of benzene rings is 1.